The van der Waals surface area contributed by atoms with E-state index in [1.807, 2.05) is 71.6 Å². The van der Waals surface area contributed by atoms with Crippen LogP contribution in [0.3, 0.4) is 0 Å². The minimum Gasteiger partial charge on any atom is -0.375 e. The van der Waals surface area contributed by atoms with Gasteiger partial charge < -0.3 is 99.0 Å². The molecule has 12 atom stereocenters. The Morgan fingerprint density at radius 3 is 0.696 bits per heavy atom. The molecule has 0 unspecified atom stereocenters. The van der Waals surface area contributed by atoms with E-state index in [1.165, 1.54) is 0 Å². The van der Waals surface area contributed by atoms with Gasteiger partial charge in [0.25, 0.3) is 22.2 Å². The van der Waals surface area contributed by atoms with Crippen molar-refractivity contribution in [1.82, 2.24) is 102 Å². The smallest absolute Gasteiger partial charge is 0.269 e. The first-order chi connectivity index (χ1) is 72.1. The number of carbonyl (C=O) groups excluding carboxylic acids is 4. The van der Waals surface area contributed by atoms with Crippen molar-refractivity contribution >= 4 is 69.6 Å². The van der Waals surface area contributed by atoms with Crippen LogP contribution in [0.5, 0.6) is 0 Å². The number of rotatable bonds is 24. The molecule has 12 aliphatic rings. The SMILES string of the molecule is Cc1c(N2CCC[C@H]2CO[C@@H]2CNC[C@@H](C(=O)N3CCN(c4ccc(C#N)cn4)CC3)C2)cn[nH]c1=O.Cc1c(N2CCC[C@H]2CO[C@@H]2CNC[C@H](C(=O)N3CCN(c4ccc(C#N)cn4)CC3)C2)cn[nH]c1=O.Cc1c(N2CCC[C@H]2CO[C@H]2CNC[C@@H](C(=O)N3CCN(c4ccc(C#N)cn4)CC3)C2)cn[nH]c1=O.Cc1c(N2CCC[C@H]2CO[C@H]2CNC[C@H](C(=O)N3CCN(c4ccc(C#N)cn4)CC3)C2)cn[nH]c1=O. The fourth-order valence-electron chi connectivity index (χ4n) is 22.3. The van der Waals surface area contributed by atoms with Crippen LogP contribution >= 0.6 is 0 Å². The van der Waals surface area contributed by atoms with E-state index in [2.05, 4.69) is 145 Å². The fraction of sp³-hybridized carbons (Fsp3) is 0.577. The maximum absolute atomic E-state index is 13.3. The number of nitrogens with zero attached hydrogens (tertiary/aromatic N) is 24. The molecular formula is C104H136N32O12. The van der Waals surface area contributed by atoms with E-state index in [0.29, 0.717) is 175 Å². The van der Waals surface area contributed by atoms with Gasteiger partial charge in [-0.1, -0.05) is 0 Å². The number of piperidine rings is 4. The number of ether oxygens (including phenoxy) is 4. The second-order valence-corrected chi connectivity index (χ2v) is 40.3. The Morgan fingerprint density at radius 1 is 0.297 bits per heavy atom. The predicted molar refractivity (Wildman–Crippen MR) is 554 cm³/mol. The van der Waals surface area contributed by atoms with Crippen LogP contribution in [0.2, 0.25) is 0 Å². The molecule has 8 aromatic heterocycles. The van der Waals surface area contributed by atoms with Crippen molar-refractivity contribution in [3.63, 3.8) is 0 Å². The molecule has 148 heavy (non-hydrogen) atoms. The number of carbonyl (C=O) groups is 4. The normalized spacial score (nSPS) is 24.2. The summed E-state index contributed by atoms with van der Waals surface area (Å²) in [6.45, 7) is 29.7. The predicted octanol–water partition coefficient (Wildman–Crippen LogP) is 2.63. The van der Waals surface area contributed by atoms with Crippen LogP contribution in [0.15, 0.2) is 117 Å². The second-order valence-electron chi connectivity index (χ2n) is 40.3. The summed E-state index contributed by atoms with van der Waals surface area (Å²) in [4.78, 5) is 144. The number of nitrogens with one attached hydrogen (secondary N) is 8. The summed E-state index contributed by atoms with van der Waals surface area (Å²) in [5.74, 6) is 3.68. The lowest BCUT2D eigenvalue weighted by atomic mass is 9.95. The van der Waals surface area contributed by atoms with Gasteiger partial charge in [0.2, 0.25) is 23.6 Å². The first-order valence-electron chi connectivity index (χ1n) is 52.3. The molecule has 20 heterocycles. The number of H-pyrrole nitrogens is 4. The number of anilines is 8. The van der Waals surface area contributed by atoms with Gasteiger partial charge in [0, 0.05) is 230 Å². The van der Waals surface area contributed by atoms with Crippen LogP contribution < -0.4 is 82.7 Å². The summed E-state index contributed by atoms with van der Waals surface area (Å²) in [6.07, 6.45) is 24.2. The number of amides is 4. The zero-order chi connectivity index (χ0) is 103. The molecule has 12 aliphatic heterocycles. The van der Waals surface area contributed by atoms with E-state index < -0.39 is 0 Å². The maximum atomic E-state index is 13.3. The average Bonchev–Trinajstić information content (AvgIpc) is 1.76. The average molecular weight is 2030 g/mol. The standard InChI is InChI=1S/4C26H34N8O3/c4*1-18-23(16-30-31-25(18)35)34-6-2-3-21(34)17-37-22-11-20(14-28-15-22)26(36)33-9-7-32(8-10-33)24-5-4-19(12-27)13-29-24/h4*4-5,13,16,20-22,28H,2-3,6-11,14-15,17H2,1H3,(H,31,35)/t20-,21+,22+;20-,21+,22-;20-,21-,22+;20-,21-,22-/m1100/s1. The van der Waals surface area contributed by atoms with Crippen LogP contribution in [-0.2, 0) is 38.1 Å². The van der Waals surface area contributed by atoms with Crippen molar-refractivity contribution < 1.29 is 38.1 Å². The number of aromatic nitrogens is 12. The molecular weight excluding hydrogens is 1890 g/mol. The molecule has 20 rings (SSSR count). The number of piperazine rings is 4. The van der Waals surface area contributed by atoms with Gasteiger partial charge in [0.05, 0.1) is 168 Å². The Hall–Kier alpha value is -14.0. The summed E-state index contributed by atoms with van der Waals surface area (Å²) < 4.78 is 25.3. The van der Waals surface area contributed by atoms with Crippen molar-refractivity contribution in [3.8, 4) is 24.3 Å². The molecule has 0 aromatic carbocycles. The molecule has 0 aliphatic carbocycles. The van der Waals surface area contributed by atoms with Gasteiger partial charge in [-0.05, 0) is 153 Å². The Morgan fingerprint density at radius 2 is 0.507 bits per heavy atom. The first-order valence-corrected chi connectivity index (χ1v) is 52.3. The van der Waals surface area contributed by atoms with E-state index in [4.69, 9.17) is 40.0 Å². The second kappa shape index (κ2) is 50.6. The third kappa shape index (κ3) is 26.2. The topological polar surface area (TPSA) is 522 Å². The molecule has 8 N–H and O–H groups in total. The maximum Gasteiger partial charge on any atom is 0.269 e. The van der Waals surface area contributed by atoms with E-state index in [-0.39, 0.29) is 118 Å². The van der Waals surface area contributed by atoms with Crippen molar-refractivity contribution in [2.45, 2.75) is 153 Å². The van der Waals surface area contributed by atoms with Crippen molar-refractivity contribution in [1.29, 1.82) is 21.0 Å². The third-order valence-electron chi connectivity index (χ3n) is 31.0. The van der Waals surface area contributed by atoms with Crippen LogP contribution in [-0.4, -0.2) is 362 Å². The summed E-state index contributed by atoms with van der Waals surface area (Å²) in [5, 5.41) is 75.4. The molecule has 12 saturated heterocycles. The van der Waals surface area contributed by atoms with Crippen LogP contribution in [0.4, 0.5) is 46.0 Å². The van der Waals surface area contributed by atoms with E-state index in [0.717, 1.165) is 202 Å². The number of hydrogen-bond acceptors (Lipinski definition) is 36. The molecule has 0 bridgehead atoms. The van der Waals surface area contributed by atoms with Crippen LogP contribution in [0, 0.1) is 96.7 Å². The fourth-order valence-corrected chi connectivity index (χ4v) is 22.3. The van der Waals surface area contributed by atoms with Gasteiger partial charge in [-0.25, -0.2) is 40.3 Å². The number of nitriles is 4. The highest BCUT2D eigenvalue weighted by Crippen LogP contribution is 2.35. The zero-order valence-electron chi connectivity index (χ0n) is 84.9. The molecule has 0 radical (unpaired) electrons. The quantitative estimate of drug-likeness (QED) is 0.0431. The minimum absolute atomic E-state index is 0.0207. The monoisotopic (exact) mass is 2030 g/mol. The largest absolute Gasteiger partial charge is 0.375 e. The highest BCUT2D eigenvalue weighted by molar-refractivity contribution is 5.82. The molecule has 784 valence electrons. The molecule has 0 spiro atoms. The summed E-state index contributed by atoms with van der Waals surface area (Å²) in [7, 11) is 0. The van der Waals surface area contributed by atoms with Gasteiger partial charge >= 0.3 is 0 Å². The van der Waals surface area contributed by atoms with Gasteiger partial charge in [0.1, 0.15) is 47.5 Å². The summed E-state index contributed by atoms with van der Waals surface area (Å²) in [5.41, 5.74) is 7.78. The highest BCUT2D eigenvalue weighted by atomic mass is 16.5. The lowest BCUT2D eigenvalue weighted by Gasteiger charge is -2.39. The number of pyridine rings is 4. The van der Waals surface area contributed by atoms with Gasteiger partial charge in [0.15, 0.2) is 0 Å². The Kier molecular flexibility index (Phi) is 36.1. The lowest BCUT2D eigenvalue weighted by Crippen LogP contribution is -2.54. The van der Waals surface area contributed by atoms with E-state index in [9.17, 15) is 38.4 Å². The minimum atomic E-state index is -0.157. The molecule has 4 amide bonds. The van der Waals surface area contributed by atoms with E-state index >= 15 is 0 Å². The van der Waals surface area contributed by atoms with Crippen LogP contribution in [0.1, 0.15) is 122 Å². The Bertz CT molecular complexity index is 5490. The molecule has 12 fully saturated rings. The van der Waals surface area contributed by atoms with Crippen LogP contribution in [0.25, 0.3) is 0 Å². The van der Waals surface area contributed by atoms with Crippen molar-refractivity contribution in [3.05, 3.63) is 184 Å². The molecule has 44 heteroatoms. The lowest BCUT2D eigenvalue weighted by molar-refractivity contribution is -0.138. The van der Waals surface area contributed by atoms with Gasteiger partial charge in [-0.2, -0.15) is 41.4 Å². The summed E-state index contributed by atoms with van der Waals surface area (Å²) in [6, 6.07) is 23.7. The highest BCUT2D eigenvalue weighted by Gasteiger charge is 2.42. The van der Waals surface area contributed by atoms with Gasteiger partial charge in [-0.3, -0.25) is 38.4 Å². The van der Waals surface area contributed by atoms with Gasteiger partial charge in [-0.15, -0.1) is 0 Å². The number of aromatic amines is 4. The molecule has 0 saturated carbocycles. The third-order valence-corrected chi connectivity index (χ3v) is 31.0. The Balaban J connectivity index is 0.000000135. The van der Waals surface area contributed by atoms with Crippen molar-refractivity contribution in [2.75, 3.05) is 249 Å². The first kappa shape index (κ1) is 105. The Labute approximate surface area is 860 Å². The number of hydrogen-bond donors (Lipinski definition) is 8. The zero-order valence-corrected chi connectivity index (χ0v) is 84.9. The summed E-state index contributed by atoms with van der Waals surface area (Å²) >= 11 is 0. The van der Waals surface area contributed by atoms with Crippen molar-refractivity contribution in [2.24, 2.45) is 23.7 Å². The molecule has 44 nitrogen and oxygen atoms in total. The van der Waals surface area contributed by atoms with E-state index in [1.54, 1.807) is 73.8 Å². The molecule has 8 aromatic rings.